The molecule has 0 saturated carbocycles. The van der Waals surface area contributed by atoms with E-state index in [0.717, 1.165) is 0 Å². The number of amides is 2. The maximum absolute atomic E-state index is 12.9. The maximum Gasteiger partial charge on any atom is 0.238 e. The van der Waals surface area contributed by atoms with Gasteiger partial charge in [0.15, 0.2) is 0 Å². The molecule has 2 amide bonds. The number of hydrogen-bond acceptors (Lipinski definition) is 4. The average molecular weight is 315 g/mol. The van der Waals surface area contributed by atoms with Gasteiger partial charge in [0, 0.05) is 6.07 Å². The lowest BCUT2D eigenvalue weighted by atomic mass is 9.78. The van der Waals surface area contributed by atoms with Crippen molar-refractivity contribution in [2.45, 2.75) is 26.7 Å². The van der Waals surface area contributed by atoms with Crippen molar-refractivity contribution in [2.75, 3.05) is 19.1 Å². The fourth-order valence-electron chi connectivity index (χ4n) is 3.46. The Morgan fingerprint density at radius 1 is 0.957 bits per heavy atom. The molecule has 5 heteroatoms. The summed E-state index contributed by atoms with van der Waals surface area (Å²) < 4.78 is 10.6. The Kier molecular flexibility index (Phi) is 3.88. The highest BCUT2D eigenvalue weighted by Gasteiger charge is 2.50. The minimum atomic E-state index is -0.262. The summed E-state index contributed by atoms with van der Waals surface area (Å²) in [5.41, 5.74) is 2.89. The van der Waals surface area contributed by atoms with Gasteiger partial charge in [-0.05, 0) is 38.8 Å². The SMILES string of the molecule is COc1ccc(OC)c(N2C(=O)[C@H]3CC(C)=C(C)C[C@@H]3C2=O)c1. The summed E-state index contributed by atoms with van der Waals surface area (Å²) in [6.45, 7) is 4.08. The zero-order chi connectivity index (χ0) is 16.7. The lowest BCUT2D eigenvalue weighted by Crippen LogP contribution is -2.31. The van der Waals surface area contributed by atoms with Crippen molar-refractivity contribution in [3.05, 3.63) is 29.3 Å². The van der Waals surface area contributed by atoms with Gasteiger partial charge in [0.25, 0.3) is 0 Å². The normalized spacial score (nSPS) is 24.1. The zero-order valence-electron chi connectivity index (χ0n) is 13.9. The Bertz CT molecular complexity index is 675. The fraction of sp³-hybridized carbons (Fsp3) is 0.444. The van der Waals surface area contributed by atoms with Crippen LogP contribution in [0.4, 0.5) is 5.69 Å². The molecule has 1 aliphatic heterocycles. The van der Waals surface area contributed by atoms with E-state index in [0.29, 0.717) is 30.0 Å². The first-order chi connectivity index (χ1) is 11.0. The van der Waals surface area contributed by atoms with E-state index in [1.807, 2.05) is 13.8 Å². The Hall–Kier alpha value is -2.30. The summed E-state index contributed by atoms with van der Waals surface area (Å²) in [7, 11) is 3.08. The third kappa shape index (κ3) is 2.40. The lowest BCUT2D eigenvalue weighted by Gasteiger charge is -2.23. The van der Waals surface area contributed by atoms with Crippen LogP contribution in [0.1, 0.15) is 26.7 Å². The highest BCUT2D eigenvalue weighted by atomic mass is 16.5. The standard InChI is InChI=1S/C18H21NO4/c1-10-7-13-14(8-11(10)2)18(21)19(17(13)20)15-9-12(22-3)5-6-16(15)23-4/h5-6,9,13-14H,7-8H2,1-4H3/t13-,14-/m0/s1. The number of methoxy groups -OCH3 is 2. The molecule has 23 heavy (non-hydrogen) atoms. The monoisotopic (exact) mass is 315 g/mol. The molecule has 3 rings (SSSR count). The molecule has 1 saturated heterocycles. The van der Waals surface area contributed by atoms with Crippen molar-refractivity contribution in [3.63, 3.8) is 0 Å². The van der Waals surface area contributed by atoms with E-state index in [1.54, 1.807) is 25.3 Å². The quantitative estimate of drug-likeness (QED) is 0.636. The van der Waals surface area contributed by atoms with Crippen molar-refractivity contribution in [2.24, 2.45) is 11.8 Å². The van der Waals surface area contributed by atoms with E-state index in [9.17, 15) is 9.59 Å². The molecule has 2 aliphatic rings. The van der Waals surface area contributed by atoms with E-state index < -0.39 is 0 Å². The summed E-state index contributed by atoms with van der Waals surface area (Å²) in [5.74, 6) is 0.273. The Morgan fingerprint density at radius 3 is 2.00 bits per heavy atom. The van der Waals surface area contributed by atoms with E-state index in [4.69, 9.17) is 9.47 Å². The minimum absolute atomic E-state index is 0.140. The van der Waals surface area contributed by atoms with Gasteiger partial charge in [0.05, 0.1) is 31.7 Å². The Morgan fingerprint density at radius 2 is 1.52 bits per heavy atom. The zero-order valence-corrected chi connectivity index (χ0v) is 13.9. The first kappa shape index (κ1) is 15.6. The van der Waals surface area contributed by atoms with Crippen LogP contribution in [0.15, 0.2) is 29.3 Å². The van der Waals surface area contributed by atoms with Crippen LogP contribution in [0.25, 0.3) is 0 Å². The summed E-state index contributed by atoms with van der Waals surface area (Å²) in [4.78, 5) is 27.0. The molecule has 1 fully saturated rings. The molecule has 1 heterocycles. The van der Waals surface area contributed by atoms with E-state index in [-0.39, 0.29) is 23.7 Å². The summed E-state index contributed by atoms with van der Waals surface area (Å²) >= 11 is 0. The van der Waals surface area contributed by atoms with Gasteiger partial charge in [-0.3, -0.25) is 9.59 Å². The van der Waals surface area contributed by atoms with E-state index >= 15 is 0 Å². The fourth-order valence-corrected chi connectivity index (χ4v) is 3.46. The van der Waals surface area contributed by atoms with Gasteiger partial charge in [-0.2, -0.15) is 0 Å². The van der Waals surface area contributed by atoms with Crippen LogP contribution < -0.4 is 14.4 Å². The van der Waals surface area contributed by atoms with Gasteiger partial charge in [-0.1, -0.05) is 11.1 Å². The van der Waals surface area contributed by atoms with Crippen LogP contribution in [-0.2, 0) is 9.59 Å². The van der Waals surface area contributed by atoms with Crippen molar-refractivity contribution >= 4 is 17.5 Å². The molecular weight excluding hydrogens is 294 g/mol. The predicted molar refractivity (Wildman–Crippen MR) is 86.6 cm³/mol. The smallest absolute Gasteiger partial charge is 0.238 e. The van der Waals surface area contributed by atoms with Crippen molar-refractivity contribution in [1.82, 2.24) is 0 Å². The number of rotatable bonds is 3. The van der Waals surface area contributed by atoms with Gasteiger partial charge in [0.2, 0.25) is 11.8 Å². The highest BCUT2D eigenvalue weighted by molar-refractivity contribution is 6.23. The molecule has 0 bridgehead atoms. The Labute approximate surface area is 135 Å². The first-order valence-electron chi connectivity index (χ1n) is 7.73. The predicted octanol–water partition coefficient (Wildman–Crippen LogP) is 2.94. The summed E-state index contributed by atoms with van der Waals surface area (Å²) in [5, 5.41) is 0. The first-order valence-corrected chi connectivity index (χ1v) is 7.73. The number of imide groups is 1. The second-order valence-electron chi connectivity index (χ2n) is 6.23. The van der Waals surface area contributed by atoms with Crippen LogP contribution in [-0.4, -0.2) is 26.0 Å². The molecule has 2 atom stereocenters. The molecule has 0 spiro atoms. The number of carbonyl (C=O) groups is 2. The third-order valence-corrected chi connectivity index (χ3v) is 4.97. The summed E-state index contributed by atoms with van der Waals surface area (Å²) in [6, 6.07) is 5.14. The Balaban J connectivity index is 2.03. The number of ether oxygens (including phenoxy) is 2. The van der Waals surface area contributed by atoms with Gasteiger partial charge >= 0.3 is 0 Å². The lowest BCUT2D eigenvalue weighted by molar-refractivity contribution is -0.122. The maximum atomic E-state index is 12.9. The van der Waals surface area contributed by atoms with Crippen LogP contribution in [0, 0.1) is 11.8 Å². The molecule has 1 aliphatic carbocycles. The van der Waals surface area contributed by atoms with E-state index in [2.05, 4.69) is 0 Å². The molecule has 5 nitrogen and oxygen atoms in total. The van der Waals surface area contributed by atoms with Crippen LogP contribution in [0.5, 0.6) is 11.5 Å². The van der Waals surface area contributed by atoms with Crippen LogP contribution in [0.3, 0.4) is 0 Å². The molecular formula is C18H21NO4. The number of carbonyl (C=O) groups excluding carboxylic acids is 2. The second-order valence-corrected chi connectivity index (χ2v) is 6.23. The van der Waals surface area contributed by atoms with Crippen LogP contribution in [0.2, 0.25) is 0 Å². The number of fused-ring (bicyclic) bond motifs is 1. The number of allylic oxidation sites excluding steroid dienone is 2. The topological polar surface area (TPSA) is 55.8 Å². The molecule has 1 aromatic rings. The second kappa shape index (κ2) is 5.72. The number of nitrogens with zero attached hydrogens (tertiary/aromatic N) is 1. The van der Waals surface area contributed by atoms with Gasteiger partial charge in [-0.25, -0.2) is 4.90 Å². The molecule has 0 aromatic heterocycles. The summed E-state index contributed by atoms with van der Waals surface area (Å²) in [6.07, 6.45) is 1.31. The molecule has 0 unspecified atom stereocenters. The van der Waals surface area contributed by atoms with Gasteiger partial charge < -0.3 is 9.47 Å². The minimum Gasteiger partial charge on any atom is -0.497 e. The molecule has 1 aromatic carbocycles. The average Bonchev–Trinajstić information content (AvgIpc) is 2.78. The van der Waals surface area contributed by atoms with Gasteiger partial charge in [0.1, 0.15) is 11.5 Å². The number of anilines is 1. The number of hydrogen-bond donors (Lipinski definition) is 0. The van der Waals surface area contributed by atoms with Crippen molar-refractivity contribution in [3.8, 4) is 11.5 Å². The van der Waals surface area contributed by atoms with E-state index in [1.165, 1.54) is 23.2 Å². The molecule has 0 radical (unpaired) electrons. The number of benzene rings is 1. The largest absolute Gasteiger partial charge is 0.497 e. The third-order valence-electron chi connectivity index (χ3n) is 4.97. The van der Waals surface area contributed by atoms with Crippen molar-refractivity contribution in [1.29, 1.82) is 0 Å². The highest BCUT2D eigenvalue weighted by Crippen LogP contribution is 2.44. The van der Waals surface area contributed by atoms with Crippen molar-refractivity contribution < 1.29 is 19.1 Å². The van der Waals surface area contributed by atoms with Crippen LogP contribution >= 0.6 is 0 Å². The molecule has 0 N–H and O–H groups in total. The molecule has 122 valence electrons. The van der Waals surface area contributed by atoms with Gasteiger partial charge in [-0.15, -0.1) is 0 Å².